The van der Waals surface area contributed by atoms with Gasteiger partial charge in [-0.05, 0) is 33.1 Å². The molecule has 0 heterocycles. The van der Waals surface area contributed by atoms with E-state index in [4.69, 9.17) is 5.11 Å². The van der Waals surface area contributed by atoms with Crippen molar-refractivity contribution in [2.24, 2.45) is 0 Å². The van der Waals surface area contributed by atoms with Crippen LogP contribution in [0.2, 0.25) is 0 Å². The Balaban J connectivity index is 3.40. The lowest BCUT2D eigenvalue weighted by Gasteiger charge is -2.22. The first kappa shape index (κ1) is 13.2. The summed E-state index contributed by atoms with van der Waals surface area (Å²) in [6.45, 7) is 4.92. The fourth-order valence-electron chi connectivity index (χ4n) is 1.03. The zero-order valence-corrected chi connectivity index (χ0v) is 9.52. The molecule has 2 atom stereocenters. The second-order valence-corrected chi connectivity index (χ2v) is 4.61. The number of rotatable bonds is 7. The minimum absolute atomic E-state index is 0.266. The topological polar surface area (TPSA) is 52.5 Å². The Morgan fingerprint density at radius 2 is 2.15 bits per heavy atom. The second-order valence-electron chi connectivity index (χ2n) is 3.74. The van der Waals surface area contributed by atoms with Crippen molar-refractivity contribution in [1.82, 2.24) is 5.32 Å². The average molecular weight is 207 g/mol. The van der Waals surface area contributed by atoms with Crippen LogP contribution in [-0.2, 0) is 0 Å². The Hall–Kier alpha value is 0.230. The Kier molecular flexibility index (Phi) is 6.77. The third-order valence-corrected chi connectivity index (χ3v) is 2.61. The van der Waals surface area contributed by atoms with Crippen LogP contribution in [0.1, 0.15) is 20.3 Å². The maximum atomic E-state index is 9.73. The molecule has 0 aromatic heterocycles. The van der Waals surface area contributed by atoms with Crippen molar-refractivity contribution in [3.05, 3.63) is 0 Å². The van der Waals surface area contributed by atoms with Crippen LogP contribution in [0.25, 0.3) is 0 Å². The molecule has 0 fully saturated rings. The van der Waals surface area contributed by atoms with Crippen molar-refractivity contribution < 1.29 is 10.2 Å². The maximum Gasteiger partial charge on any atom is 0.0833 e. The molecule has 0 spiro atoms. The molecule has 0 aromatic rings. The van der Waals surface area contributed by atoms with Crippen molar-refractivity contribution in [3.8, 4) is 0 Å². The highest BCUT2D eigenvalue weighted by Gasteiger charge is 2.18. The van der Waals surface area contributed by atoms with Crippen LogP contribution in [0.15, 0.2) is 0 Å². The molecule has 0 rings (SSSR count). The zero-order valence-electron chi connectivity index (χ0n) is 8.71. The van der Waals surface area contributed by atoms with Gasteiger partial charge in [-0.2, -0.15) is 11.8 Å². The predicted octanol–water partition coefficient (Wildman–Crippen LogP) is 0.461. The van der Waals surface area contributed by atoms with E-state index in [1.54, 1.807) is 18.7 Å². The monoisotopic (exact) mass is 207 g/mol. The number of aliphatic hydroxyl groups is 2. The van der Waals surface area contributed by atoms with Gasteiger partial charge in [0, 0.05) is 12.3 Å². The maximum absolute atomic E-state index is 9.73. The molecule has 3 nitrogen and oxygen atoms in total. The molecule has 0 aliphatic heterocycles. The number of hydrogen-bond donors (Lipinski definition) is 3. The highest BCUT2D eigenvalue weighted by atomic mass is 32.2. The van der Waals surface area contributed by atoms with E-state index in [0.717, 1.165) is 18.7 Å². The molecule has 0 saturated carbocycles. The summed E-state index contributed by atoms with van der Waals surface area (Å²) in [6, 6.07) is 0. The Morgan fingerprint density at radius 3 is 2.62 bits per heavy atom. The molecule has 0 aromatic carbocycles. The first-order chi connectivity index (χ1) is 5.98. The van der Waals surface area contributed by atoms with Crippen molar-refractivity contribution in [1.29, 1.82) is 0 Å². The quantitative estimate of drug-likeness (QED) is 0.531. The van der Waals surface area contributed by atoms with Crippen LogP contribution < -0.4 is 5.32 Å². The molecule has 0 aliphatic carbocycles. The minimum atomic E-state index is -0.641. The zero-order chi connectivity index (χ0) is 10.3. The highest BCUT2D eigenvalue weighted by Crippen LogP contribution is 2.08. The van der Waals surface area contributed by atoms with Gasteiger partial charge in [0.2, 0.25) is 0 Å². The third kappa shape index (κ3) is 8.56. The molecule has 80 valence electrons. The standard InChI is InChI=1S/C9H21NO2S/c1-8(11)4-5-10-6-9(2,12)7-13-3/h8,10-12H,4-7H2,1-3H3. The Labute approximate surface area is 84.9 Å². The van der Waals surface area contributed by atoms with E-state index in [0.29, 0.717) is 6.54 Å². The summed E-state index contributed by atoms with van der Waals surface area (Å²) in [5, 5.41) is 21.8. The SMILES string of the molecule is CSCC(C)(O)CNCCC(C)O. The van der Waals surface area contributed by atoms with Gasteiger partial charge in [0.15, 0.2) is 0 Å². The van der Waals surface area contributed by atoms with Crippen molar-refractivity contribution in [2.45, 2.75) is 32.0 Å². The summed E-state index contributed by atoms with van der Waals surface area (Å²) in [6.07, 6.45) is 2.44. The van der Waals surface area contributed by atoms with Crippen LogP contribution >= 0.6 is 11.8 Å². The lowest BCUT2D eigenvalue weighted by Crippen LogP contribution is -2.40. The van der Waals surface area contributed by atoms with E-state index in [-0.39, 0.29) is 6.10 Å². The van der Waals surface area contributed by atoms with E-state index in [1.165, 1.54) is 0 Å². The molecule has 3 N–H and O–H groups in total. The Morgan fingerprint density at radius 1 is 1.54 bits per heavy atom. The normalized spacial score (nSPS) is 18.2. The van der Waals surface area contributed by atoms with Gasteiger partial charge >= 0.3 is 0 Å². The summed E-state index contributed by atoms with van der Waals surface area (Å²) in [7, 11) is 0. The largest absolute Gasteiger partial charge is 0.393 e. The van der Waals surface area contributed by atoms with Gasteiger partial charge in [-0.15, -0.1) is 0 Å². The molecular formula is C9H21NO2S. The van der Waals surface area contributed by atoms with Crippen LogP contribution in [0.4, 0.5) is 0 Å². The first-order valence-corrected chi connectivity index (χ1v) is 5.97. The second kappa shape index (κ2) is 6.65. The third-order valence-electron chi connectivity index (χ3n) is 1.70. The van der Waals surface area contributed by atoms with Gasteiger partial charge in [-0.1, -0.05) is 0 Å². The van der Waals surface area contributed by atoms with Crippen molar-refractivity contribution in [3.63, 3.8) is 0 Å². The molecule has 0 saturated heterocycles. The smallest absolute Gasteiger partial charge is 0.0833 e. The molecule has 0 bridgehead atoms. The summed E-state index contributed by atoms with van der Waals surface area (Å²) in [5.74, 6) is 0.731. The van der Waals surface area contributed by atoms with Crippen molar-refractivity contribution in [2.75, 3.05) is 25.1 Å². The predicted molar refractivity (Wildman–Crippen MR) is 58.2 cm³/mol. The molecule has 0 aliphatic rings. The first-order valence-electron chi connectivity index (χ1n) is 4.58. The van der Waals surface area contributed by atoms with Gasteiger partial charge in [-0.25, -0.2) is 0 Å². The van der Waals surface area contributed by atoms with Gasteiger partial charge in [0.05, 0.1) is 11.7 Å². The fraction of sp³-hybridized carbons (Fsp3) is 1.00. The fourth-order valence-corrected chi connectivity index (χ4v) is 1.75. The summed E-state index contributed by atoms with van der Waals surface area (Å²) >= 11 is 1.63. The highest BCUT2D eigenvalue weighted by molar-refractivity contribution is 7.98. The van der Waals surface area contributed by atoms with E-state index >= 15 is 0 Å². The van der Waals surface area contributed by atoms with Gasteiger partial charge < -0.3 is 15.5 Å². The number of thioether (sulfide) groups is 1. The summed E-state index contributed by atoms with van der Waals surface area (Å²) in [4.78, 5) is 0. The number of hydrogen-bond acceptors (Lipinski definition) is 4. The Bertz CT molecular complexity index is 129. The molecular weight excluding hydrogens is 186 g/mol. The van der Waals surface area contributed by atoms with Crippen LogP contribution in [0.5, 0.6) is 0 Å². The lowest BCUT2D eigenvalue weighted by atomic mass is 10.1. The van der Waals surface area contributed by atoms with Gasteiger partial charge in [0.1, 0.15) is 0 Å². The molecule has 13 heavy (non-hydrogen) atoms. The van der Waals surface area contributed by atoms with E-state index in [9.17, 15) is 5.11 Å². The summed E-state index contributed by atoms with van der Waals surface area (Å²) < 4.78 is 0. The molecule has 4 heteroatoms. The van der Waals surface area contributed by atoms with Crippen LogP contribution in [0.3, 0.4) is 0 Å². The van der Waals surface area contributed by atoms with E-state index < -0.39 is 5.60 Å². The number of aliphatic hydroxyl groups excluding tert-OH is 1. The van der Waals surface area contributed by atoms with Crippen LogP contribution in [-0.4, -0.2) is 47.0 Å². The number of nitrogens with one attached hydrogen (secondary N) is 1. The van der Waals surface area contributed by atoms with Gasteiger partial charge in [0.25, 0.3) is 0 Å². The molecule has 2 unspecified atom stereocenters. The lowest BCUT2D eigenvalue weighted by molar-refractivity contribution is 0.0832. The molecule has 0 radical (unpaired) electrons. The summed E-state index contributed by atoms with van der Waals surface area (Å²) in [5.41, 5.74) is -0.641. The van der Waals surface area contributed by atoms with Crippen molar-refractivity contribution >= 4 is 11.8 Å². The molecule has 0 amide bonds. The average Bonchev–Trinajstić information content (AvgIpc) is 1.98. The van der Waals surface area contributed by atoms with E-state index in [2.05, 4.69) is 5.32 Å². The van der Waals surface area contributed by atoms with Crippen LogP contribution in [0, 0.1) is 0 Å². The van der Waals surface area contributed by atoms with Gasteiger partial charge in [-0.3, -0.25) is 0 Å². The van der Waals surface area contributed by atoms with E-state index in [1.807, 2.05) is 13.2 Å². The minimum Gasteiger partial charge on any atom is -0.393 e.